The van der Waals surface area contributed by atoms with Crippen LogP contribution in [0.2, 0.25) is 0 Å². The molecule has 0 saturated carbocycles. The Morgan fingerprint density at radius 3 is 2.64 bits per heavy atom. The van der Waals surface area contributed by atoms with Crippen LogP contribution < -0.4 is 10.6 Å². The first-order valence-corrected chi connectivity index (χ1v) is 9.26. The molecule has 0 spiro atoms. The Hall–Kier alpha value is -2.58. The Balaban J connectivity index is 1.49. The topological polar surface area (TPSA) is 84.2 Å². The molecule has 0 radical (unpaired) electrons. The summed E-state index contributed by atoms with van der Waals surface area (Å²) in [4.78, 5) is 28.9. The minimum atomic E-state index is -0.302. The van der Waals surface area contributed by atoms with E-state index >= 15 is 0 Å². The number of anilines is 2. The molecule has 2 aromatic heterocycles. The highest BCUT2D eigenvalue weighted by Gasteiger charge is 2.09. The Morgan fingerprint density at radius 2 is 2.00 bits per heavy atom. The first-order valence-electron chi connectivity index (χ1n) is 7.40. The van der Waals surface area contributed by atoms with Gasteiger partial charge in [0.25, 0.3) is 5.91 Å². The van der Waals surface area contributed by atoms with Crippen molar-refractivity contribution in [3.8, 4) is 0 Å². The average Bonchev–Trinajstić information content (AvgIpc) is 3.26. The molecule has 0 saturated heterocycles. The molecule has 3 aromatic rings. The smallest absolute Gasteiger partial charge is 0.291 e. The van der Waals surface area contributed by atoms with Gasteiger partial charge in [-0.25, -0.2) is 4.98 Å². The first-order chi connectivity index (χ1) is 12.1. The normalized spacial score (nSPS) is 10.4. The number of benzene rings is 1. The van der Waals surface area contributed by atoms with E-state index in [1.54, 1.807) is 24.3 Å². The monoisotopic (exact) mass is 373 g/mol. The van der Waals surface area contributed by atoms with Gasteiger partial charge in [-0.15, -0.1) is 23.1 Å². The van der Waals surface area contributed by atoms with Crippen molar-refractivity contribution >= 4 is 45.7 Å². The van der Waals surface area contributed by atoms with E-state index in [9.17, 15) is 9.59 Å². The fourth-order valence-electron chi connectivity index (χ4n) is 1.95. The van der Waals surface area contributed by atoms with E-state index in [0.29, 0.717) is 10.8 Å². The number of rotatable bonds is 6. The van der Waals surface area contributed by atoms with Crippen LogP contribution in [0.5, 0.6) is 0 Å². The van der Waals surface area contributed by atoms with Gasteiger partial charge in [0.2, 0.25) is 5.91 Å². The van der Waals surface area contributed by atoms with E-state index in [-0.39, 0.29) is 23.3 Å². The zero-order valence-corrected chi connectivity index (χ0v) is 14.9. The number of thioether (sulfide) groups is 1. The maximum Gasteiger partial charge on any atom is 0.291 e. The minimum Gasteiger partial charge on any atom is -0.459 e. The predicted molar refractivity (Wildman–Crippen MR) is 99.3 cm³/mol. The summed E-state index contributed by atoms with van der Waals surface area (Å²) in [6.07, 6.45) is 1.45. The highest BCUT2D eigenvalue weighted by Crippen LogP contribution is 2.21. The lowest BCUT2D eigenvalue weighted by atomic mass is 10.3. The maximum absolute atomic E-state index is 11.9. The summed E-state index contributed by atoms with van der Waals surface area (Å²) < 4.78 is 5.04. The standard InChI is InChI=1S/C17H15N3O3S2/c1-11-9-25-17(18-11)20-15(21)10-24-13-6-4-12(5-7-13)19-16(22)14-3-2-8-23-14/h2-9H,10H2,1H3,(H,19,22)(H,18,20,21). The summed E-state index contributed by atoms with van der Waals surface area (Å²) in [6, 6.07) is 10.5. The zero-order chi connectivity index (χ0) is 17.6. The Kier molecular flexibility index (Phi) is 5.52. The molecule has 2 heterocycles. The van der Waals surface area contributed by atoms with Gasteiger partial charge in [-0.2, -0.15) is 0 Å². The number of aryl methyl sites for hydroxylation is 1. The second-order valence-electron chi connectivity index (χ2n) is 5.09. The Labute approximate surface area is 152 Å². The van der Waals surface area contributed by atoms with Gasteiger partial charge in [0, 0.05) is 16.0 Å². The number of thiazole rings is 1. The lowest BCUT2D eigenvalue weighted by Gasteiger charge is -2.05. The SMILES string of the molecule is Cc1csc(NC(=O)CSc2ccc(NC(=O)c3ccco3)cc2)n1. The molecule has 1 aromatic carbocycles. The number of hydrogen-bond donors (Lipinski definition) is 2. The van der Waals surface area contributed by atoms with Crippen LogP contribution in [-0.2, 0) is 4.79 Å². The van der Waals surface area contributed by atoms with Gasteiger partial charge in [0.05, 0.1) is 17.7 Å². The van der Waals surface area contributed by atoms with Crippen molar-refractivity contribution < 1.29 is 14.0 Å². The first kappa shape index (κ1) is 17.2. The molecule has 8 heteroatoms. The van der Waals surface area contributed by atoms with E-state index in [1.165, 1.54) is 29.4 Å². The van der Waals surface area contributed by atoms with Crippen LogP contribution in [0.25, 0.3) is 0 Å². The third-order valence-electron chi connectivity index (χ3n) is 3.09. The molecule has 25 heavy (non-hydrogen) atoms. The summed E-state index contributed by atoms with van der Waals surface area (Å²) in [5.41, 5.74) is 1.55. The van der Waals surface area contributed by atoms with Crippen molar-refractivity contribution in [1.29, 1.82) is 0 Å². The van der Waals surface area contributed by atoms with Crippen LogP contribution in [-0.4, -0.2) is 22.6 Å². The molecule has 0 unspecified atom stereocenters. The van der Waals surface area contributed by atoms with Crippen LogP contribution in [0.15, 0.2) is 57.4 Å². The highest BCUT2D eigenvalue weighted by atomic mass is 32.2. The molecule has 0 bridgehead atoms. The Morgan fingerprint density at radius 1 is 1.20 bits per heavy atom. The van der Waals surface area contributed by atoms with E-state index in [2.05, 4.69) is 15.6 Å². The van der Waals surface area contributed by atoms with Crippen molar-refractivity contribution in [3.63, 3.8) is 0 Å². The second kappa shape index (κ2) is 8.00. The maximum atomic E-state index is 11.9. The summed E-state index contributed by atoms with van der Waals surface area (Å²) in [7, 11) is 0. The molecule has 3 rings (SSSR count). The summed E-state index contributed by atoms with van der Waals surface area (Å²) in [5.74, 6) is 0.141. The van der Waals surface area contributed by atoms with Gasteiger partial charge in [-0.3, -0.25) is 9.59 Å². The highest BCUT2D eigenvalue weighted by molar-refractivity contribution is 8.00. The van der Waals surface area contributed by atoms with Crippen molar-refractivity contribution in [3.05, 3.63) is 59.5 Å². The lowest BCUT2D eigenvalue weighted by Crippen LogP contribution is -2.13. The number of carbonyl (C=O) groups is 2. The zero-order valence-electron chi connectivity index (χ0n) is 13.3. The van der Waals surface area contributed by atoms with E-state index in [1.807, 2.05) is 24.4 Å². The Bertz CT molecular complexity index is 858. The molecular formula is C17H15N3O3S2. The van der Waals surface area contributed by atoms with E-state index < -0.39 is 0 Å². The number of furan rings is 1. The second-order valence-corrected chi connectivity index (χ2v) is 6.99. The summed E-state index contributed by atoms with van der Waals surface area (Å²) >= 11 is 2.82. The predicted octanol–water partition coefficient (Wildman–Crippen LogP) is 4.03. The molecule has 0 fully saturated rings. The molecule has 0 aliphatic carbocycles. The van der Waals surface area contributed by atoms with Crippen molar-refractivity contribution in [2.45, 2.75) is 11.8 Å². The van der Waals surface area contributed by atoms with Crippen molar-refractivity contribution in [2.75, 3.05) is 16.4 Å². The third kappa shape index (κ3) is 4.94. The molecule has 2 amide bonds. The average molecular weight is 373 g/mol. The van der Waals surface area contributed by atoms with E-state index in [0.717, 1.165) is 10.6 Å². The number of aromatic nitrogens is 1. The van der Waals surface area contributed by atoms with Crippen molar-refractivity contribution in [2.24, 2.45) is 0 Å². The van der Waals surface area contributed by atoms with Gasteiger partial charge in [0.1, 0.15) is 0 Å². The van der Waals surface area contributed by atoms with Gasteiger partial charge in [-0.1, -0.05) is 0 Å². The van der Waals surface area contributed by atoms with Crippen LogP contribution in [0.3, 0.4) is 0 Å². The van der Waals surface area contributed by atoms with Crippen LogP contribution in [0, 0.1) is 6.92 Å². The fraction of sp³-hybridized carbons (Fsp3) is 0.118. The van der Waals surface area contributed by atoms with Gasteiger partial charge in [0.15, 0.2) is 10.9 Å². The number of hydrogen-bond acceptors (Lipinski definition) is 6. The van der Waals surface area contributed by atoms with E-state index in [4.69, 9.17) is 4.42 Å². The molecule has 6 nitrogen and oxygen atoms in total. The van der Waals surface area contributed by atoms with Crippen LogP contribution in [0.1, 0.15) is 16.2 Å². The largest absolute Gasteiger partial charge is 0.459 e. The minimum absolute atomic E-state index is 0.102. The molecule has 0 atom stereocenters. The van der Waals surface area contributed by atoms with Crippen LogP contribution in [0.4, 0.5) is 10.8 Å². The molecule has 128 valence electrons. The van der Waals surface area contributed by atoms with Crippen LogP contribution >= 0.6 is 23.1 Å². The number of nitrogens with one attached hydrogen (secondary N) is 2. The number of amides is 2. The van der Waals surface area contributed by atoms with Gasteiger partial charge in [-0.05, 0) is 43.3 Å². The van der Waals surface area contributed by atoms with Crippen molar-refractivity contribution in [1.82, 2.24) is 4.98 Å². The van der Waals surface area contributed by atoms with Gasteiger partial charge >= 0.3 is 0 Å². The molecule has 0 aliphatic heterocycles. The lowest BCUT2D eigenvalue weighted by molar-refractivity contribution is -0.113. The summed E-state index contributed by atoms with van der Waals surface area (Å²) in [6.45, 7) is 1.88. The number of nitrogens with zero attached hydrogens (tertiary/aromatic N) is 1. The third-order valence-corrected chi connectivity index (χ3v) is 4.98. The molecule has 0 aliphatic rings. The van der Waals surface area contributed by atoms with Gasteiger partial charge < -0.3 is 15.1 Å². The number of carbonyl (C=O) groups excluding carboxylic acids is 2. The summed E-state index contributed by atoms with van der Waals surface area (Å²) in [5, 5.41) is 8.01. The molecule has 2 N–H and O–H groups in total. The fourth-order valence-corrected chi connectivity index (χ4v) is 3.35. The molecular weight excluding hydrogens is 358 g/mol. The quantitative estimate of drug-likeness (QED) is 0.637.